The molecule has 1 N–H and O–H groups in total. The highest BCUT2D eigenvalue weighted by atomic mass is 32.1. The van der Waals surface area contributed by atoms with E-state index in [0.717, 1.165) is 36.9 Å². The number of ether oxygens (including phenoxy) is 1. The number of aromatic nitrogens is 2. The molecular weight excluding hydrogens is 336 g/mol. The third-order valence-corrected chi connectivity index (χ3v) is 5.90. The number of thiazole rings is 1. The Balaban J connectivity index is 1.35. The number of carbonyl (C=O) groups is 1. The van der Waals surface area contributed by atoms with Crippen molar-refractivity contribution in [1.29, 1.82) is 0 Å². The van der Waals surface area contributed by atoms with Crippen LogP contribution >= 0.6 is 11.3 Å². The van der Waals surface area contributed by atoms with Gasteiger partial charge < -0.3 is 10.1 Å². The van der Waals surface area contributed by atoms with Crippen molar-refractivity contribution in [3.05, 3.63) is 46.7 Å². The summed E-state index contributed by atoms with van der Waals surface area (Å²) >= 11 is 1.69. The van der Waals surface area contributed by atoms with Crippen LogP contribution in [0.1, 0.15) is 17.1 Å². The maximum Gasteiger partial charge on any atom is 0.221 e. The number of fused-ring (bicyclic) bond motifs is 1. The largest absolute Gasteiger partial charge is 0.380 e. The predicted molar refractivity (Wildman–Crippen MR) is 94.8 cm³/mol. The molecule has 1 amide bonds. The van der Waals surface area contributed by atoms with Crippen LogP contribution < -0.4 is 5.32 Å². The number of hydrogen-bond acceptors (Lipinski definition) is 6. The van der Waals surface area contributed by atoms with Crippen LogP contribution in [0.3, 0.4) is 0 Å². The Hall–Kier alpha value is -1.83. The average molecular weight is 358 g/mol. The summed E-state index contributed by atoms with van der Waals surface area (Å²) in [6.07, 6.45) is 4.11. The molecule has 25 heavy (non-hydrogen) atoms. The zero-order chi connectivity index (χ0) is 17.1. The quantitative estimate of drug-likeness (QED) is 0.851. The van der Waals surface area contributed by atoms with Crippen LogP contribution in [0, 0.1) is 11.3 Å². The van der Waals surface area contributed by atoms with E-state index < -0.39 is 0 Å². The molecule has 0 radical (unpaired) electrons. The zero-order valence-corrected chi connectivity index (χ0v) is 14.9. The molecule has 0 saturated carbocycles. The van der Waals surface area contributed by atoms with Crippen molar-refractivity contribution in [2.45, 2.75) is 19.5 Å². The van der Waals surface area contributed by atoms with Crippen LogP contribution in [-0.2, 0) is 22.6 Å². The van der Waals surface area contributed by atoms with E-state index >= 15 is 0 Å². The van der Waals surface area contributed by atoms with Gasteiger partial charge in [0.25, 0.3) is 0 Å². The van der Waals surface area contributed by atoms with Crippen LogP contribution in [0.15, 0.2) is 36.0 Å². The van der Waals surface area contributed by atoms with Crippen LogP contribution in [0.4, 0.5) is 0 Å². The molecule has 4 heterocycles. The molecule has 2 atom stereocenters. The van der Waals surface area contributed by atoms with Gasteiger partial charge in [0.2, 0.25) is 5.91 Å². The van der Waals surface area contributed by atoms with Gasteiger partial charge in [-0.25, -0.2) is 4.98 Å². The molecule has 2 aromatic rings. The zero-order valence-electron chi connectivity index (χ0n) is 14.1. The fraction of sp³-hybridized carbons (Fsp3) is 0.500. The number of nitrogens with one attached hydrogen (secondary N) is 1. The molecule has 4 rings (SSSR count). The summed E-state index contributed by atoms with van der Waals surface area (Å²) in [6.45, 7) is 4.64. The van der Waals surface area contributed by atoms with E-state index in [-0.39, 0.29) is 11.3 Å². The Morgan fingerprint density at radius 3 is 3.16 bits per heavy atom. The summed E-state index contributed by atoms with van der Waals surface area (Å²) in [7, 11) is 0. The maximum atomic E-state index is 12.5. The summed E-state index contributed by atoms with van der Waals surface area (Å²) in [5.74, 6) is 0.505. The van der Waals surface area contributed by atoms with Gasteiger partial charge in [-0.15, -0.1) is 11.3 Å². The van der Waals surface area contributed by atoms with E-state index in [0.29, 0.717) is 25.5 Å². The fourth-order valence-electron chi connectivity index (χ4n) is 3.91. The van der Waals surface area contributed by atoms with Crippen LogP contribution in [0.25, 0.3) is 0 Å². The van der Waals surface area contributed by atoms with E-state index in [1.807, 2.05) is 29.8 Å². The predicted octanol–water partition coefficient (Wildman–Crippen LogP) is 1.69. The number of rotatable bonds is 6. The van der Waals surface area contributed by atoms with Gasteiger partial charge in [0, 0.05) is 48.6 Å². The summed E-state index contributed by atoms with van der Waals surface area (Å²) in [5, 5.41) is 6.15. The van der Waals surface area contributed by atoms with Crippen LogP contribution in [0.5, 0.6) is 0 Å². The molecule has 2 aromatic heterocycles. The van der Waals surface area contributed by atoms with Crippen molar-refractivity contribution in [2.75, 3.05) is 26.3 Å². The van der Waals surface area contributed by atoms with Crippen LogP contribution in [-0.4, -0.2) is 47.1 Å². The second-order valence-electron chi connectivity index (χ2n) is 6.94. The van der Waals surface area contributed by atoms with Gasteiger partial charge >= 0.3 is 0 Å². The molecule has 0 aliphatic carbocycles. The highest BCUT2D eigenvalue weighted by Gasteiger charge is 2.51. The summed E-state index contributed by atoms with van der Waals surface area (Å²) in [5.41, 5.74) is 0.815. The Morgan fingerprint density at radius 2 is 2.36 bits per heavy atom. The molecule has 0 unspecified atom stereocenters. The van der Waals surface area contributed by atoms with Crippen LogP contribution in [0.2, 0.25) is 0 Å². The van der Waals surface area contributed by atoms with Gasteiger partial charge in [0.15, 0.2) is 0 Å². The summed E-state index contributed by atoms with van der Waals surface area (Å²) < 4.78 is 5.73. The van der Waals surface area contributed by atoms with Gasteiger partial charge in [0.05, 0.1) is 32.0 Å². The molecule has 2 aliphatic heterocycles. The van der Waals surface area contributed by atoms with E-state index in [4.69, 9.17) is 4.74 Å². The third kappa shape index (κ3) is 3.73. The minimum Gasteiger partial charge on any atom is -0.380 e. The first kappa shape index (κ1) is 16.6. The molecule has 2 fully saturated rings. The van der Waals surface area contributed by atoms with Crippen molar-refractivity contribution >= 4 is 17.2 Å². The highest BCUT2D eigenvalue weighted by molar-refractivity contribution is 7.09. The van der Waals surface area contributed by atoms with Crippen molar-refractivity contribution in [3.63, 3.8) is 0 Å². The van der Waals surface area contributed by atoms with Gasteiger partial charge in [-0.3, -0.25) is 14.7 Å². The normalized spacial score (nSPS) is 25.8. The molecule has 0 spiro atoms. The Bertz CT molecular complexity index is 709. The van der Waals surface area contributed by atoms with Gasteiger partial charge in [-0.1, -0.05) is 6.07 Å². The number of pyridine rings is 1. The number of hydrogen-bond donors (Lipinski definition) is 1. The molecule has 0 aromatic carbocycles. The van der Waals surface area contributed by atoms with Gasteiger partial charge in [0.1, 0.15) is 5.01 Å². The Labute approximate surface area is 151 Å². The van der Waals surface area contributed by atoms with E-state index in [1.54, 1.807) is 17.5 Å². The molecule has 2 saturated heterocycles. The fourth-order valence-corrected chi connectivity index (χ4v) is 4.57. The minimum atomic E-state index is -0.0640. The second-order valence-corrected chi connectivity index (χ2v) is 7.92. The smallest absolute Gasteiger partial charge is 0.221 e. The van der Waals surface area contributed by atoms with Gasteiger partial charge in [-0.2, -0.15) is 0 Å². The van der Waals surface area contributed by atoms with E-state index in [2.05, 4.69) is 20.2 Å². The third-order valence-electron chi connectivity index (χ3n) is 5.14. The van der Waals surface area contributed by atoms with Crippen molar-refractivity contribution in [2.24, 2.45) is 11.3 Å². The lowest BCUT2D eigenvalue weighted by molar-refractivity contribution is -0.123. The van der Waals surface area contributed by atoms with E-state index in [9.17, 15) is 4.79 Å². The molecule has 7 heteroatoms. The maximum absolute atomic E-state index is 12.5. The molecule has 132 valence electrons. The average Bonchev–Trinajstić information content (AvgIpc) is 3.31. The summed E-state index contributed by atoms with van der Waals surface area (Å²) in [6, 6.07) is 5.73. The lowest BCUT2D eigenvalue weighted by Gasteiger charge is -2.26. The molecular formula is C18H22N4O2S. The number of amides is 1. The molecule has 2 aliphatic rings. The summed E-state index contributed by atoms with van der Waals surface area (Å²) in [4.78, 5) is 23.6. The number of likely N-dealkylation sites (tertiary alicyclic amines) is 1. The number of carbonyl (C=O) groups excluding carboxylic acids is 1. The molecule has 0 bridgehead atoms. The lowest BCUT2D eigenvalue weighted by Crippen LogP contribution is -2.37. The number of nitrogens with zero attached hydrogens (tertiary/aromatic N) is 3. The van der Waals surface area contributed by atoms with Crippen molar-refractivity contribution < 1.29 is 9.53 Å². The first-order chi connectivity index (χ1) is 12.2. The van der Waals surface area contributed by atoms with Crippen molar-refractivity contribution in [3.8, 4) is 0 Å². The second kappa shape index (κ2) is 7.19. The Morgan fingerprint density at radius 1 is 1.40 bits per heavy atom. The molecule has 6 nitrogen and oxygen atoms in total. The Kier molecular flexibility index (Phi) is 4.78. The lowest BCUT2D eigenvalue weighted by atomic mass is 9.78. The highest BCUT2D eigenvalue weighted by Crippen LogP contribution is 2.44. The topological polar surface area (TPSA) is 67.3 Å². The first-order valence-electron chi connectivity index (χ1n) is 8.59. The first-order valence-corrected chi connectivity index (χ1v) is 9.47. The SMILES string of the molecule is O=C(C[C@@]12COC[C@@H]1CN(Cc1nccs1)C2)NCc1ccccn1. The van der Waals surface area contributed by atoms with Gasteiger partial charge in [-0.05, 0) is 12.1 Å². The minimum absolute atomic E-state index is 0.0640. The standard InChI is InChI=1S/C18H22N4O2S/c23-16(21-8-15-3-1-2-4-19-15)7-18-12-22(9-14(18)11-24-13-18)10-17-20-5-6-25-17/h1-6,14H,7-13H2,(H,21,23)/t14-,18+/m0/s1. The van der Waals surface area contributed by atoms with Crippen molar-refractivity contribution in [1.82, 2.24) is 20.2 Å². The monoisotopic (exact) mass is 358 g/mol. The van der Waals surface area contributed by atoms with E-state index in [1.165, 1.54) is 0 Å².